The summed E-state index contributed by atoms with van der Waals surface area (Å²) in [7, 11) is 0. The summed E-state index contributed by atoms with van der Waals surface area (Å²) in [5.41, 5.74) is 6.56. The van der Waals surface area contributed by atoms with Gasteiger partial charge in [-0.3, -0.25) is 0 Å². The third-order valence-electron chi connectivity index (χ3n) is 3.53. The van der Waals surface area contributed by atoms with Gasteiger partial charge in [0.1, 0.15) is 0 Å². The van der Waals surface area contributed by atoms with Crippen molar-refractivity contribution in [3.8, 4) is 0 Å². The molecule has 1 aliphatic carbocycles. The number of hydrogen-bond acceptors (Lipinski definition) is 0. The fourth-order valence-electron chi connectivity index (χ4n) is 2.74. The third kappa shape index (κ3) is 1.70. The van der Waals surface area contributed by atoms with Gasteiger partial charge in [0.15, 0.2) is 0 Å². The van der Waals surface area contributed by atoms with Gasteiger partial charge in [-0.15, -0.1) is 0 Å². The Hall–Kier alpha value is -2.08. The maximum Gasteiger partial charge on any atom is 0.0305 e. The first-order valence-corrected chi connectivity index (χ1v) is 6.28. The molecule has 0 aromatic heterocycles. The predicted octanol–water partition coefficient (Wildman–Crippen LogP) is 4.90. The summed E-state index contributed by atoms with van der Waals surface area (Å²) in [6, 6.07) is 19.2. The maximum absolute atomic E-state index is 4.17. The van der Waals surface area contributed by atoms with E-state index in [4.69, 9.17) is 0 Å². The van der Waals surface area contributed by atoms with Crippen LogP contribution in [0.3, 0.4) is 0 Å². The predicted molar refractivity (Wildman–Crippen MR) is 78.3 cm³/mol. The van der Waals surface area contributed by atoms with E-state index in [1.54, 1.807) is 0 Å². The zero-order valence-corrected chi connectivity index (χ0v) is 10.6. The van der Waals surface area contributed by atoms with Crippen LogP contribution in [0.4, 0.5) is 0 Å². The molecule has 1 aliphatic rings. The highest BCUT2D eigenvalue weighted by Crippen LogP contribution is 2.45. The van der Waals surface area contributed by atoms with E-state index in [-0.39, 0.29) is 0 Å². The summed E-state index contributed by atoms with van der Waals surface area (Å²) < 4.78 is 0. The summed E-state index contributed by atoms with van der Waals surface area (Å²) in [5.74, 6) is 0.337. The van der Waals surface area contributed by atoms with Crippen molar-refractivity contribution in [2.24, 2.45) is 0 Å². The topological polar surface area (TPSA) is 0 Å². The molecule has 0 unspecified atom stereocenters. The molecule has 0 aliphatic heterocycles. The molecule has 0 heteroatoms. The Kier molecular flexibility index (Phi) is 2.64. The minimum absolute atomic E-state index is 0.337. The minimum Gasteiger partial charge on any atom is -0.0992 e. The van der Waals surface area contributed by atoms with Crippen LogP contribution in [0.2, 0.25) is 0 Å². The lowest BCUT2D eigenvalue weighted by molar-refractivity contribution is 1.04. The van der Waals surface area contributed by atoms with Gasteiger partial charge in [0.05, 0.1) is 0 Å². The van der Waals surface area contributed by atoms with Gasteiger partial charge >= 0.3 is 0 Å². The highest BCUT2D eigenvalue weighted by atomic mass is 14.3. The zero-order chi connectivity index (χ0) is 12.5. The van der Waals surface area contributed by atoms with Crippen LogP contribution < -0.4 is 0 Å². The Balaban J connectivity index is 2.15. The molecule has 0 nitrogen and oxygen atoms in total. The van der Waals surface area contributed by atoms with E-state index in [1.807, 2.05) is 0 Å². The van der Waals surface area contributed by atoms with E-state index in [1.165, 1.54) is 27.8 Å². The maximum atomic E-state index is 4.17. The Bertz CT molecular complexity index is 617. The third-order valence-corrected chi connectivity index (χ3v) is 3.53. The van der Waals surface area contributed by atoms with Crippen molar-refractivity contribution in [1.82, 2.24) is 0 Å². The Morgan fingerprint density at radius 2 is 1.61 bits per heavy atom. The average Bonchev–Trinajstić information content (AvgIpc) is 2.79. The van der Waals surface area contributed by atoms with Crippen LogP contribution >= 0.6 is 0 Å². The second kappa shape index (κ2) is 4.30. The molecule has 0 N–H and O–H groups in total. The van der Waals surface area contributed by atoms with Gasteiger partial charge in [0, 0.05) is 5.92 Å². The van der Waals surface area contributed by atoms with E-state index < -0.39 is 0 Å². The number of benzene rings is 2. The van der Waals surface area contributed by atoms with Crippen molar-refractivity contribution in [2.75, 3.05) is 0 Å². The Morgan fingerprint density at radius 3 is 2.33 bits per heavy atom. The molecule has 2 aromatic rings. The van der Waals surface area contributed by atoms with Gasteiger partial charge in [-0.2, -0.15) is 0 Å². The fourth-order valence-corrected chi connectivity index (χ4v) is 2.74. The van der Waals surface area contributed by atoms with Crippen molar-refractivity contribution in [3.05, 3.63) is 83.4 Å². The monoisotopic (exact) mass is 232 g/mol. The molecular formula is C18H16. The summed E-state index contributed by atoms with van der Waals surface area (Å²) >= 11 is 0. The molecule has 1 atom stereocenters. The highest BCUT2D eigenvalue weighted by Gasteiger charge is 2.26. The van der Waals surface area contributed by atoms with Crippen LogP contribution in [-0.4, -0.2) is 0 Å². The quantitative estimate of drug-likeness (QED) is 0.646. The number of rotatable bonds is 2. The molecule has 2 aromatic carbocycles. The molecule has 0 spiro atoms. The summed E-state index contributed by atoms with van der Waals surface area (Å²) in [5, 5.41) is 0. The van der Waals surface area contributed by atoms with Gasteiger partial charge in [-0.05, 0) is 35.3 Å². The minimum atomic E-state index is 0.337. The largest absolute Gasteiger partial charge is 0.0992 e. The Labute approximate surface area is 108 Å². The summed E-state index contributed by atoms with van der Waals surface area (Å²) in [6.45, 7) is 6.29. The molecule has 0 fully saturated rings. The molecule has 0 saturated heterocycles. The first kappa shape index (κ1) is 11.0. The van der Waals surface area contributed by atoms with Crippen LogP contribution in [0.25, 0.3) is 11.6 Å². The van der Waals surface area contributed by atoms with Crippen LogP contribution in [0, 0.1) is 0 Å². The van der Waals surface area contributed by atoms with Gasteiger partial charge in [-0.25, -0.2) is 0 Å². The Morgan fingerprint density at radius 1 is 0.944 bits per heavy atom. The lowest BCUT2D eigenvalue weighted by atomic mass is 9.86. The smallest absolute Gasteiger partial charge is 0.0305 e. The lowest BCUT2D eigenvalue weighted by Crippen LogP contribution is -1.99. The molecule has 0 heterocycles. The van der Waals surface area contributed by atoms with E-state index in [9.17, 15) is 0 Å². The fraction of sp³-hybridized carbons (Fsp3) is 0.111. The molecule has 0 amide bonds. The summed E-state index contributed by atoms with van der Waals surface area (Å²) in [6.07, 6.45) is 2.30. The average molecular weight is 232 g/mol. The van der Waals surface area contributed by atoms with Crippen molar-refractivity contribution in [2.45, 2.75) is 12.8 Å². The molecule has 88 valence electrons. The standard InChI is InChI=1S/C18H16/c1-13(2)18-16-11-7-6-10-15(16)12-17(18)14-8-4-3-5-9-14/h3-12,18H,1H2,2H3/t18-/m0/s1. The molecular weight excluding hydrogens is 216 g/mol. The van der Waals surface area contributed by atoms with Crippen molar-refractivity contribution in [3.63, 3.8) is 0 Å². The molecule has 0 saturated carbocycles. The van der Waals surface area contributed by atoms with Crippen LogP contribution in [0.1, 0.15) is 29.5 Å². The number of fused-ring (bicyclic) bond motifs is 1. The SMILES string of the molecule is C=C(C)[C@@H]1C(c2ccccc2)=Cc2ccccc21. The second-order valence-corrected chi connectivity index (χ2v) is 4.87. The van der Waals surface area contributed by atoms with Crippen molar-refractivity contribution in [1.29, 1.82) is 0 Å². The van der Waals surface area contributed by atoms with Gasteiger partial charge in [0.2, 0.25) is 0 Å². The molecule has 18 heavy (non-hydrogen) atoms. The first-order valence-electron chi connectivity index (χ1n) is 6.28. The lowest BCUT2D eigenvalue weighted by Gasteiger charge is -2.17. The van der Waals surface area contributed by atoms with E-state index in [0.717, 1.165) is 0 Å². The number of hydrogen-bond donors (Lipinski definition) is 0. The number of allylic oxidation sites excluding steroid dienone is 2. The first-order chi connectivity index (χ1) is 8.77. The van der Waals surface area contributed by atoms with Crippen LogP contribution in [0.5, 0.6) is 0 Å². The highest BCUT2D eigenvalue weighted by molar-refractivity contribution is 5.93. The van der Waals surface area contributed by atoms with Crippen molar-refractivity contribution < 1.29 is 0 Å². The normalized spacial score (nSPS) is 17.2. The molecule has 0 bridgehead atoms. The van der Waals surface area contributed by atoms with E-state index in [0.29, 0.717) is 5.92 Å². The van der Waals surface area contributed by atoms with E-state index in [2.05, 4.69) is 74.2 Å². The second-order valence-electron chi connectivity index (χ2n) is 4.87. The molecule has 0 radical (unpaired) electrons. The van der Waals surface area contributed by atoms with Crippen LogP contribution in [-0.2, 0) is 0 Å². The van der Waals surface area contributed by atoms with Crippen molar-refractivity contribution >= 4 is 11.6 Å². The zero-order valence-electron chi connectivity index (χ0n) is 10.6. The molecule has 3 rings (SSSR count). The van der Waals surface area contributed by atoms with Gasteiger partial charge < -0.3 is 0 Å². The van der Waals surface area contributed by atoms with Gasteiger partial charge in [0.25, 0.3) is 0 Å². The summed E-state index contributed by atoms with van der Waals surface area (Å²) in [4.78, 5) is 0. The van der Waals surface area contributed by atoms with Crippen LogP contribution in [0.15, 0.2) is 66.7 Å². The van der Waals surface area contributed by atoms with Gasteiger partial charge in [-0.1, -0.05) is 66.7 Å². The van der Waals surface area contributed by atoms with E-state index >= 15 is 0 Å².